The van der Waals surface area contributed by atoms with Crippen LogP contribution < -0.4 is 0 Å². The second kappa shape index (κ2) is 26.0. The molecule has 0 saturated carbocycles. The van der Waals surface area contributed by atoms with E-state index in [1.165, 1.54) is 12.5 Å². The molecule has 33 nitrogen and oxygen atoms in total. The molecule has 17 N–H and O–H groups in total. The van der Waals surface area contributed by atoms with Gasteiger partial charge >= 0.3 is 5.97 Å². The van der Waals surface area contributed by atoms with Gasteiger partial charge in [-0.15, -0.1) is 0 Å². The highest BCUT2D eigenvalue weighted by molar-refractivity contribution is 5.69. The molecule has 0 aliphatic carbocycles. The van der Waals surface area contributed by atoms with E-state index in [2.05, 4.69) is 4.98 Å². The summed E-state index contributed by atoms with van der Waals surface area (Å²) in [6.45, 7) is -5.87. The maximum atomic E-state index is 13.5. The largest absolute Gasteiger partial charge is 0.456 e. The summed E-state index contributed by atoms with van der Waals surface area (Å²) in [6.07, 6.45) is -55.0. The van der Waals surface area contributed by atoms with Crippen molar-refractivity contribution >= 4 is 5.97 Å². The van der Waals surface area contributed by atoms with Crippen LogP contribution in [0.3, 0.4) is 0 Å². The molecule has 23 heterocycles. The number of nitrogens with zero attached hydrogens (tertiary/aromatic N) is 2. The van der Waals surface area contributed by atoms with Gasteiger partial charge < -0.3 is 153 Å². The quantitative estimate of drug-likeness (QED) is 0.0915. The maximum absolute atomic E-state index is 13.5. The van der Waals surface area contributed by atoms with Crippen molar-refractivity contribution < 1.29 is 153 Å². The Morgan fingerprint density at radius 3 is 0.947 bits per heavy atom. The standard InChI is InChI=1S/C43H68N2O31/c46-6-13-31-20(53)25(58)38(64-13)72-32-14(7-47)66-40(27(60)22(32)55)74-34-16(9-49)68-42(29(62)24(34)57)76-36-18(11-51)69-43(30(63)37(36)70-19(52)2-1-4-45-5-3-44-12-45)75-35-17(10-50)67-41(28(61)23(35)56)73-33-15(8-48)65-39(71-31)26(59)21(33)54/h3,5,12-18,20-43,46-51,53-63H,1-2,4,6-11H2/t13-,14-,15-,16-,17-,18-,20-,21-,22-,23-,24-,25-,26-,27-,28-,29-,30-,31-,32-,33-,34-,35-,36+,37-,38-,39-,40-,41-,42-,43-/m1/s1. The van der Waals surface area contributed by atoms with Crippen LogP contribution in [0.15, 0.2) is 18.7 Å². The van der Waals surface area contributed by atoms with E-state index < -0.39 is 230 Å². The van der Waals surface area contributed by atoms with Gasteiger partial charge in [-0.1, -0.05) is 0 Å². The predicted octanol–water partition coefficient (Wildman–Crippen LogP) is -11.8. The number of aliphatic hydroxyl groups excluding tert-OH is 17. The lowest BCUT2D eigenvalue weighted by Gasteiger charge is -2.51. The topological polar surface area (TPSA) is 499 Å². The number of aromatic nitrogens is 2. The van der Waals surface area contributed by atoms with Gasteiger partial charge in [0.2, 0.25) is 0 Å². The van der Waals surface area contributed by atoms with Crippen LogP contribution in [0.4, 0.5) is 0 Å². The molecule has 23 rings (SSSR count). The third kappa shape index (κ3) is 12.2. The molecule has 436 valence electrons. The molecule has 0 spiro atoms. The molecule has 0 aromatic carbocycles. The Morgan fingerprint density at radius 2 is 0.671 bits per heavy atom. The molecular formula is C43H68N2O31. The summed E-state index contributed by atoms with van der Waals surface area (Å²) in [6, 6.07) is 0. The fourth-order valence-corrected chi connectivity index (χ4v) is 10.1. The monoisotopic (exact) mass is 1110 g/mol. The van der Waals surface area contributed by atoms with Crippen LogP contribution in [0, 0.1) is 0 Å². The van der Waals surface area contributed by atoms with Crippen LogP contribution in [0.5, 0.6) is 0 Å². The van der Waals surface area contributed by atoms with Gasteiger partial charge in [-0.2, -0.15) is 0 Å². The van der Waals surface area contributed by atoms with Gasteiger partial charge in [0.1, 0.15) is 140 Å². The van der Waals surface area contributed by atoms with Gasteiger partial charge in [0.05, 0.1) is 46.0 Å². The summed E-state index contributed by atoms with van der Waals surface area (Å²) in [7, 11) is 0. The highest BCUT2D eigenvalue weighted by Gasteiger charge is 2.59. The first kappa shape index (κ1) is 59.6. The molecular weight excluding hydrogens is 1040 g/mol. The number of rotatable bonds is 11. The highest BCUT2D eigenvalue weighted by atomic mass is 16.8. The van der Waals surface area contributed by atoms with Crippen LogP contribution in [0.25, 0.3) is 0 Å². The summed E-state index contributed by atoms with van der Waals surface area (Å²) >= 11 is 0. The molecule has 0 unspecified atom stereocenters. The first-order chi connectivity index (χ1) is 36.4. The molecule has 76 heavy (non-hydrogen) atoms. The van der Waals surface area contributed by atoms with E-state index in [0.29, 0.717) is 0 Å². The second-order valence-electron chi connectivity index (χ2n) is 19.2. The number of carbonyl (C=O) groups excluding carboxylic acids is 1. The van der Waals surface area contributed by atoms with Gasteiger partial charge in [-0.05, 0) is 6.42 Å². The molecule has 1 aromatic heterocycles. The third-order valence-electron chi connectivity index (χ3n) is 14.3. The normalized spacial score (nSPS) is 49.5. The molecule has 22 aliphatic heterocycles. The van der Waals surface area contributed by atoms with E-state index in [9.17, 15) is 91.6 Å². The van der Waals surface area contributed by atoms with E-state index in [1.54, 1.807) is 10.8 Å². The Hall–Kier alpha value is -2.48. The minimum atomic E-state index is -2.21. The summed E-state index contributed by atoms with van der Waals surface area (Å²) in [5.74, 6) is -0.966. The molecule has 22 fully saturated rings. The first-order valence-corrected chi connectivity index (χ1v) is 24.5. The van der Waals surface area contributed by atoms with Gasteiger partial charge in [-0.25, -0.2) is 4.98 Å². The van der Waals surface area contributed by atoms with E-state index in [-0.39, 0.29) is 19.4 Å². The molecule has 22 saturated heterocycles. The van der Waals surface area contributed by atoms with E-state index in [0.717, 1.165) is 0 Å². The summed E-state index contributed by atoms with van der Waals surface area (Å²) < 4.78 is 76.7. The Bertz CT molecular complexity index is 1940. The number of aryl methyl sites for hydroxylation is 1. The zero-order chi connectivity index (χ0) is 54.9. The van der Waals surface area contributed by atoms with Crippen LogP contribution >= 0.6 is 0 Å². The van der Waals surface area contributed by atoms with E-state index in [1.807, 2.05) is 0 Å². The van der Waals surface area contributed by atoms with Crippen molar-refractivity contribution in [2.75, 3.05) is 39.6 Å². The van der Waals surface area contributed by atoms with E-state index in [4.69, 9.17) is 61.6 Å². The van der Waals surface area contributed by atoms with E-state index >= 15 is 0 Å². The lowest BCUT2D eigenvalue weighted by Crippen LogP contribution is -2.69. The smallest absolute Gasteiger partial charge is 0.306 e. The lowest BCUT2D eigenvalue weighted by atomic mass is 9.94. The fourth-order valence-electron chi connectivity index (χ4n) is 10.1. The van der Waals surface area contributed by atoms with Crippen LogP contribution in [-0.2, 0) is 72.9 Å². The van der Waals surface area contributed by atoms with Crippen molar-refractivity contribution in [3.05, 3.63) is 18.7 Å². The lowest BCUT2D eigenvalue weighted by molar-refractivity contribution is -0.404. The minimum absolute atomic E-state index is 0.164. The number of imidazole rings is 1. The Balaban J connectivity index is 1.11. The molecule has 22 aliphatic rings. The minimum Gasteiger partial charge on any atom is -0.456 e. The van der Waals surface area contributed by atoms with Crippen molar-refractivity contribution in [3.63, 3.8) is 0 Å². The van der Waals surface area contributed by atoms with Crippen molar-refractivity contribution in [2.45, 2.75) is 204 Å². The highest BCUT2D eigenvalue weighted by Crippen LogP contribution is 2.38. The Labute approximate surface area is 430 Å². The average molecular weight is 1110 g/mol. The molecule has 30 atom stereocenters. The zero-order valence-electron chi connectivity index (χ0n) is 40.1. The molecule has 0 radical (unpaired) electrons. The SMILES string of the molecule is O=C(CCCn1ccnc1)O[C@@H]1[C@@H](O)[C@H]2O[C@H]3[C@H](O)[C@@H](O)[C@@H](O[C@H]4[C@H](O)[C@@H](O)[C@@H](O[C@H]5[C@H](O)[C@@H](O)[C@@H](O[C@H]6[C@H](O)[C@@H](O)[C@@H](O[C@H]7[C@H](O)[C@@H](O)[C@@H](O[C@H]1[C@@H](CO)O2)O[C@@H]7CO)O[C@@H]6CO)O[C@@H]5CO)O[C@@H]4CO)O[C@@H]3CO. The zero-order valence-corrected chi connectivity index (χ0v) is 40.1. The average Bonchev–Trinajstić information content (AvgIpc) is 3.95. The molecule has 33 heteroatoms. The number of carbonyl (C=O) groups is 1. The van der Waals surface area contributed by atoms with Crippen molar-refractivity contribution in [1.82, 2.24) is 9.55 Å². The Kier molecular flexibility index (Phi) is 20.4. The summed E-state index contributed by atoms with van der Waals surface area (Å²) in [4.78, 5) is 17.4. The van der Waals surface area contributed by atoms with Crippen LogP contribution in [0.2, 0.25) is 0 Å². The number of aliphatic hydroxyl groups is 17. The number of hydrogen-bond acceptors (Lipinski definition) is 32. The molecule has 1 aromatic rings. The first-order valence-electron chi connectivity index (χ1n) is 24.5. The van der Waals surface area contributed by atoms with Crippen LogP contribution in [-0.4, -0.2) is 326 Å². The molecule has 12 bridgehead atoms. The maximum Gasteiger partial charge on any atom is 0.306 e. The third-order valence-corrected chi connectivity index (χ3v) is 14.3. The predicted molar refractivity (Wildman–Crippen MR) is 231 cm³/mol. The van der Waals surface area contributed by atoms with Gasteiger partial charge in [0, 0.05) is 25.4 Å². The van der Waals surface area contributed by atoms with Crippen LogP contribution in [0.1, 0.15) is 12.8 Å². The van der Waals surface area contributed by atoms with Gasteiger partial charge in [0.15, 0.2) is 43.8 Å². The number of hydrogen-bond donors (Lipinski definition) is 17. The fraction of sp³-hybridized carbons (Fsp3) is 0.907. The van der Waals surface area contributed by atoms with Crippen molar-refractivity contribution in [3.8, 4) is 0 Å². The summed E-state index contributed by atoms with van der Waals surface area (Å²) in [5.41, 5.74) is 0. The number of ether oxygens (including phenoxy) is 13. The van der Waals surface area contributed by atoms with Crippen molar-refractivity contribution in [1.29, 1.82) is 0 Å². The molecule has 0 amide bonds. The van der Waals surface area contributed by atoms with Gasteiger partial charge in [0.25, 0.3) is 0 Å². The van der Waals surface area contributed by atoms with Gasteiger partial charge in [-0.3, -0.25) is 4.79 Å². The van der Waals surface area contributed by atoms with Crippen molar-refractivity contribution in [2.24, 2.45) is 0 Å². The number of esters is 1. The summed E-state index contributed by atoms with van der Waals surface area (Å²) in [5, 5.41) is 188. The Morgan fingerprint density at radius 1 is 0.395 bits per heavy atom. The second-order valence-corrected chi connectivity index (χ2v) is 19.2.